The first-order chi connectivity index (χ1) is 12.8. The Morgan fingerprint density at radius 2 is 2.07 bits per heavy atom. The van der Waals surface area contributed by atoms with Crippen molar-refractivity contribution < 1.29 is 9.18 Å². The third-order valence-electron chi connectivity index (χ3n) is 3.92. The van der Waals surface area contributed by atoms with Gasteiger partial charge in [0.1, 0.15) is 11.0 Å². The van der Waals surface area contributed by atoms with E-state index < -0.39 is 0 Å². The first-order valence-electron chi connectivity index (χ1n) is 8.69. The molecule has 4 nitrogen and oxygen atoms in total. The van der Waals surface area contributed by atoms with Gasteiger partial charge in [-0.3, -0.25) is 9.48 Å². The number of amides is 1. The number of halogens is 2. The van der Waals surface area contributed by atoms with Crippen LogP contribution in [-0.2, 0) is 17.9 Å². The maximum Gasteiger partial charge on any atom is 0.247 e. The molecule has 0 bridgehead atoms. The number of hydrogen-bond acceptors (Lipinski definition) is 2. The topological polar surface area (TPSA) is 38.1 Å². The molecule has 27 heavy (non-hydrogen) atoms. The van der Waals surface area contributed by atoms with E-state index in [0.29, 0.717) is 29.7 Å². The highest BCUT2D eigenvalue weighted by Crippen LogP contribution is 2.22. The highest BCUT2D eigenvalue weighted by Gasteiger charge is 2.14. The monoisotopic (exact) mass is 387 g/mol. The summed E-state index contributed by atoms with van der Waals surface area (Å²) in [5, 5.41) is 4.93. The Morgan fingerprint density at radius 1 is 1.41 bits per heavy atom. The van der Waals surface area contributed by atoms with E-state index in [9.17, 15) is 9.18 Å². The van der Waals surface area contributed by atoms with Gasteiger partial charge in [0.2, 0.25) is 5.91 Å². The predicted octanol–water partition coefficient (Wildman–Crippen LogP) is 4.32. The number of hydrogen-bond donors (Lipinski definition) is 0. The van der Waals surface area contributed by atoms with Gasteiger partial charge in [0.15, 0.2) is 0 Å². The molecule has 1 heterocycles. The molecule has 1 amide bonds. The molecule has 1 aromatic heterocycles. The summed E-state index contributed by atoms with van der Waals surface area (Å²) >= 11 is 6.40. The lowest BCUT2D eigenvalue weighted by Crippen LogP contribution is -2.29. The van der Waals surface area contributed by atoms with Gasteiger partial charge in [0, 0.05) is 24.7 Å². The molecule has 2 rings (SSSR count). The van der Waals surface area contributed by atoms with Crippen molar-refractivity contribution in [2.75, 3.05) is 6.54 Å². The average Bonchev–Trinajstić information content (AvgIpc) is 2.87. The van der Waals surface area contributed by atoms with E-state index in [2.05, 4.69) is 24.9 Å². The first kappa shape index (κ1) is 20.7. The summed E-state index contributed by atoms with van der Waals surface area (Å²) in [4.78, 5) is 14.1. The van der Waals surface area contributed by atoms with Crippen LogP contribution in [0.1, 0.15) is 30.7 Å². The number of aryl methyl sites for hydroxylation is 1. The van der Waals surface area contributed by atoms with E-state index in [4.69, 9.17) is 18.0 Å². The van der Waals surface area contributed by atoms with Crippen LogP contribution in [0.2, 0.25) is 5.15 Å². The molecule has 0 radical (unpaired) electrons. The fraction of sp³-hybridized carbons (Fsp3) is 0.333. The molecular weight excluding hydrogens is 365 g/mol. The summed E-state index contributed by atoms with van der Waals surface area (Å²) in [6, 6.07) is 5.98. The lowest BCUT2D eigenvalue weighted by Gasteiger charge is -2.18. The van der Waals surface area contributed by atoms with Crippen LogP contribution in [0.3, 0.4) is 0 Å². The molecule has 0 fully saturated rings. The van der Waals surface area contributed by atoms with Crippen molar-refractivity contribution in [3.05, 3.63) is 58.1 Å². The van der Waals surface area contributed by atoms with Gasteiger partial charge in [-0.25, -0.2) is 4.39 Å². The number of nitrogens with zero attached hydrogens (tertiary/aromatic N) is 3. The minimum atomic E-state index is -0.322. The second-order valence-corrected chi connectivity index (χ2v) is 7.08. The zero-order chi connectivity index (χ0) is 20.0. The van der Waals surface area contributed by atoms with Gasteiger partial charge in [-0.15, -0.1) is 6.42 Å². The van der Waals surface area contributed by atoms with Crippen LogP contribution in [0.15, 0.2) is 30.3 Å². The van der Waals surface area contributed by atoms with Crippen molar-refractivity contribution in [1.82, 2.24) is 14.7 Å². The summed E-state index contributed by atoms with van der Waals surface area (Å²) in [6.07, 6.45) is 8.49. The van der Waals surface area contributed by atoms with Crippen LogP contribution in [0.5, 0.6) is 0 Å². The van der Waals surface area contributed by atoms with Crippen LogP contribution in [0, 0.1) is 31.0 Å². The van der Waals surface area contributed by atoms with Crippen molar-refractivity contribution in [3.63, 3.8) is 0 Å². The molecule has 6 heteroatoms. The lowest BCUT2D eigenvalue weighted by atomic mass is 10.2. The van der Waals surface area contributed by atoms with E-state index in [1.54, 1.807) is 22.9 Å². The Kier molecular flexibility index (Phi) is 7.20. The molecule has 0 aliphatic heterocycles. The van der Waals surface area contributed by atoms with Gasteiger partial charge < -0.3 is 4.90 Å². The summed E-state index contributed by atoms with van der Waals surface area (Å²) in [5.74, 6) is 2.32. The molecule has 142 valence electrons. The van der Waals surface area contributed by atoms with E-state index in [0.717, 1.165) is 11.3 Å². The SMILES string of the molecule is C#CCN(Cc1ccc(F)cc1)C(=O)/C=C/c1c(C)nn(CC(C)C)c1Cl. The maximum absolute atomic E-state index is 13.1. The normalized spacial score (nSPS) is 11.1. The van der Waals surface area contributed by atoms with Crippen molar-refractivity contribution in [2.45, 2.75) is 33.9 Å². The molecule has 0 aliphatic carbocycles. The number of terminal acetylenes is 1. The second kappa shape index (κ2) is 9.38. The van der Waals surface area contributed by atoms with Crippen LogP contribution in [-0.4, -0.2) is 27.1 Å². The Hall–Kier alpha value is -2.58. The van der Waals surface area contributed by atoms with Crippen molar-refractivity contribution in [1.29, 1.82) is 0 Å². The zero-order valence-electron chi connectivity index (χ0n) is 15.7. The van der Waals surface area contributed by atoms with Crippen LogP contribution in [0.4, 0.5) is 4.39 Å². The molecule has 0 spiro atoms. The maximum atomic E-state index is 13.1. The first-order valence-corrected chi connectivity index (χ1v) is 9.07. The number of rotatable bonds is 7. The second-order valence-electron chi connectivity index (χ2n) is 6.72. The van der Waals surface area contributed by atoms with Crippen LogP contribution >= 0.6 is 11.6 Å². The molecule has 2 aromatic rings. The fourth-order valence-corrected chi connectivity index (χ4v) is 2.92. The Bertz CT molecular complexity index is 863. The fourth-order valence-electron chi connectivity index (χ4n) is 2.62. The van der Waals surface area contributed by atoms with E-state index in [1.807, 2.05) is 6.92 Å². The number of carbonyl (C=O) groups excluding carboxylic acids is 1. The molecule has 0 aliphatic rings. The molecule has 0 unspecified atom stereocenters. The highest BCUT2D eigenvalue weighted by molar-refractivity contribution is 6.31. The van der Waals surface area contributed by atoms with Gasteiger partial charge in [-0.1, -0.05) is 43.5 Å². The van der Waals surface area contributed by atoms with Crippen molar-refractivity contribution in [3.8, 4) is 12.3 Å². The Labute approximate surface area is 164 Å². The lowest BCUT2D eigenvalue weighted by molar-refractivity contribution is -0.125. The van der Waals surface area contributed by atoms with Gasteiger partial charge in [-0.2, -0.15) is 5.10 Å². The Balaban J connectivity index is 2.16. The summed E-state index contributed by atoms with van der Waals surface area (Å²) < 4.78 is 14.8. The quantitative estimate of drug-likeness (QED) is 0.524. The van der Waals surface area contributed by atoms with Gasteiger partial charge in [0.25, 0.3) is 0 Å². The van der Waals surface area contributed by atoms with E-state index in [-0.39, 0.29) is 18.3 Å². The third-order valence-corrected chi connectivity index (χ3v) is 4.32. The molecule has 0 N–H and O–H groups in total. The van der Waals surface area contributed by atoms with E-state index in [1.165, 1.54) is 23.1 Å². The molecule has 0 atom stereocenters. The predicted molar refractivity (Wildman–Crippen MR) is 106 cm³/mol. The number of aromatic nitrogens is 2. The highest BCUT2D eigenvalue weighted by atomic mass is 35.5. The number of carbonyl (C=O) groups is 1. The average molecular weight is 388 g/mol. The third kappa shape index (κ3) is 5.70. The van der Waals surface area contributed by atoms with Gasteiger partial charge in [0.05, 0.1) is 12.2 Å². The van der Waals surface area contributed by atoms with E-state index >= 15 is 0 Å². The van der Waals surface area contributed by atoms with Crippen molar-refractivity contribution in [2.24, 2.45) is 5.92 Å². The minimum Gasteiger partial charge on any atom is -0.324 e. The van der Waals surface area contributed by atoms with Gasteiger partial charge in [-0.05, 0) is 36.6 Å². The summed E-state index contributed by atoms with van der Waals surface area (Å²) in [6.45, 7) is 7.17. The molecule has 0 saturated heterocycles. The Morgan fingerprint density at radius 3 is 2.67 bits per heavy atom. The summed E-state index contributed by atoms with van der Waals surface area (Å²) in [5.41, 5.74) is 2.27. The smallest absolute Gasteiger partial charge is 0.247 e. The largest absolute Gasteiger partial charge is 0.324 e. The van der Waals surface area contributed by atoms with Crippen LogP contribution < -0.4 is 0 Å². The summed E-state index contributed by atoms with van der Waals surface area (Å²) in [7, 11) is 0. The number of benzene rings is 1. The van der Waals surface area contributed by atoms with Crippen LogP contribution in [0.25, 0.3) is 6.08 Å². The molecular formula is C21H23ClFN3O. The molecule has 0 saturated carbocycles. The zero-order valence-corrected chi connectivity index (χ0v) is 16.5. The minimum absolute atomic E-state index is 0.153. The standard InChI is InChI=1S/C21H23ClFN3O/c1-5-12-25(14-17-6-8-18(23)9-7-17)20(27)11-10-19-16(4)24-26(21(19)22)13-15(2)3/h1,6-11,15H,12-14H2,2-4H3/b11-10+. The van der Waals surface area contributed by atoms with Gasteiger partial charge >= 0.3 is 0 Å². The molecule has 1 aromatic carbocycles. The van der Waals surface area contributed by atoms with Crippen molar-refractivity contribution >= 4 is 23.6 Å².